The minimum Gasteiger partial charge on any atom is -0.495 e. The largest absolute Gasteiger partial charge is 0.495 e. The number of hydrogen-bond donors (Lipinski definition) is 3. The Bertz CT molecular complexity index is 1020. The van der Waals surface area contributed by atoms with E-state index in [4.69, 9.17) is 4.74 Å². The number of ether oxygens (including phenoxy) is 1. The summed E-state index contributed by atoms with van der Waals surface area (Å²) in [6, 6.07) is 15.1. The van der Waals surface area contributed by atoms with Crippen LogP contribution in [-0.4, -0.2) is 30.0 Å². The maximum atomic E-state index is 12.3. The molecule has 0 saturated heterocycles. The van der Waals surface area contributed by atoms with Gasteiger partial charge in [0.1, 0.15) is 12.3 Å². The standard InChI is InChI=1S/C20H21BrN4O3/c1-13-20(21)14-7-3-5-9-16(14)25(13)12-19(27)24-23-18(26)11-22-15-8-4-6-10-17(15)28-2/h3-10,22H,11-12H2,1-2H3,(H,23,26)(H,24,27). The maximum absolute atomic E-state index is 12.3. The number of fused-ring (bicyclic) bond motifs is 1. The summed E-state index contributed by atoms with van der Waals surface area (Å²) in [6.07, 6.45) is 0. The smallest absolute Gasteiger partial charge is 0.258 e. The Hall–Kier alpha value is -3.00. The predicted molar refractivity (Wildman–Crippen MR) is 112 cm³/mol. The van der Waals surface area contributed by atoms with Crippen LogP contribution in [0.4, 0.5) is 5.69 Å². The Morgan fingerprint density at radius 3 is 2.50 bits per heavy atom. The van der Waals surface area contributed by atoms with Crippen molar-refractivity contribution in [3.05, 3.63) is 58.7 Å². The molecular formula is C20H21BrN4O3. The molecule has 0 saturated carbocycles. The Balaban J connectivity index is 1.55. The average molecular weight is 445 g/mol. The number of nitrogens with one attached hydrogen (secondary N) is 3. The molecule has 0 unspecified atom stereocenters. The lowest BCUT2D eigenvalue weighted by molar-refractivity contribution is -0.128. The van der Waals surface area contributed by atoms with Gasteiger partial charge in [-0.3, -0.25) is 20.4 Å². The molecule has 3 rings (SSSR count). The number of rotatable bonds is 6. The summed E-state index contributed by atoms with van der Waals surface area (Å²) in [6.45, 7) is 2.03. The van der Waals surface area contributed by atoms with Gasteiger partial charge in [-0.1, -0.05) is 30.3 Å². The molecule has 0 aliphatic heterocycles. The normalized spacial score (nSPS) is 10.5. The topological polar surface area (TPSA) is 84.4 Å². The first-order valence-electron chi connectivity index (χ1n) is 8.69. The minimum absolute atomic E-state index is 0.00230. The summed E-state index contributed by atoms with van der Waals surface area (Å²) < 4.78 is 8.08. The van der Waals surface area contributed by atoms with Crippen LogP contribution in [0, 0.1) is 6.92 Å². The van der Waals surface area contributed by atoms with Crippen molar-refractivity contribution in [2.24, 2.45) is 0 Å². The molecule has 2 aromatic carbocycles. The van der Waals surface area contributed by atoms with Crippen LogP contribution in [0.25, 0.3) is 10.9 Å². The summed E-state index contributed by atoms with van der Waals surface area (Å²) in [7, 11) is 1.56. The lowest BCUT2D eigenvalue weighted by Crippen LogP contribution is -2.45. The van der Waals surface area contributed by atoms with Crippen LogP contribution in [0.3, 0.4) is 0 Å². The van der Waals surface area contributed by atoms with Gasteiger partial charge in [0.05, 0.1) is 19.3 Å². The highest BCUT2D eigenvalue weighted by Gasteiger charge is 2.14. The van der Waals surface area contributed by atoms with E-state index in [1.54, 1.807) is 13.2 Å². The Kier molecular flexibility index (Phi) is 6.20. The lowest BCUT2D eigenvalue weighted by Gasteiger charge is -2.12. The second-order valence-corrected chi connectivity index (χ2v) is 6.95. The number of anilines is 1. The van der Waals surface area contributed by atoms with Crippen molar-refractivity contribution in [1.82, 2.24) is 15.4 Å². The van der Waals surface area contributed by atoms with Crippen molar-refractivity contribution in [1.29, 1.82) is 0 Å². The number of halogens is 1. The zero-order valence-electron chi connectivity index (χ0n) is 15.6. The Morgan fingerprint density at radius 2 is 1.71 bits per heavy atom. The molecule has 3 aromatic rings. The molecule has 0 bridgehead atoms. The Morgan fingerprint density at radius 1 is 1.04 bits per heavy atom. The quantitative estimate of drug-likeness (QED) is 0.510. The third-order valence-corrected chi connectivity index (χ3v) is 5.34. The van der Waals surface area contributed by atoms with Gasteiger partial charge in [-0.25, -0.2) is 0 Å². The van der Waals surface area contributed by atoms with Crippen LogP contribution in [0.1, 0.15) is 5.69 Å². The number of methoxy groups -OCH3 is 1. The van der Waals surface area contributed by atoms with E-state index in [0.29, 0.717) is 11.4 Å². The molecule has 8 heteroatoms. The fourth-order valence-electron chi connectivity index (χ4n) is 2.93. The molecule has 0 aliphatic carbocycles. The highest BCUT2D eigenvalue weighted by atomic mass is 79.9. The summed E-state index contributed by atoms with van der Waals surface area (Å²) in [5, 5.41) is 4.01. The van der Waals surface area contributed by atoms with Gasteiger partial charge in [0.2, 0.25) is 0 Å². The van der Waals surface area contributed by atoms with Gasteiger partial charge in [-0.2, -0.15) is 0 Å². The van der Waals surface area contributed by atoms with Crippen LogP contribution < -0.4 is 20.9 Å². The van der Waals surface area contributed by atoms with Gasteiger partial charge in [-0.15, -0.1) is 0 Å². The molecule has 0 aliphatic rings. The van der Waals surface area contributed by atoms with E-state index in [1.165, 1.54) is 0 Å². The second-order valence-electron chi connectivity index (χ2n) is 6.15. The van der Waals surface area contributed by atoms with Crippen molar-refractivity contribution in [2.45, 2.75) is 13.5 Å². The first-order valence-corrected chi connectivity index (χ1v) is 9.48. The molecular weight excluding hydrogens is 424 g/mol. The van der Waals surface area contributed by atoms with Crippen LogP contribution in [0.5, 0.6) is 5.75 Å². The number of carbonyl (C=O) groups excluding carboxylic acids is 2. The molecule has 1 heterocycles. The molecule has 0 fully saturated rings. The molecule has 3 N–H and O–H groups in total. The van der Waals surface area contributed by atoms with Gasteiger partial charge in [0.15, 0.2) is 0 Å². The van der Waals surface area contributed by atoms with Crippen LogP contribution in [0.15, 0.2) is 53.0 Å². The van der Waals surface area contributed by atoms with Crippen molar-refractivity contribution >= 4 is 44.3 Å². The fourth-order valence-corrected chi connectivity index (χ4v) is 3.47. The van der Waals surface area contributed by atoms with E-state index in [9.17, 15) is 9.59 Å². The molecule has 2 amide bonds. The number of nitrogens with zero attached hydrogens (tertiary/aromatic N) is 1. The molecule has 28 heavy (non-hydrogen) atoms. The number of hydrogen-bond acceptors (Lipinski definition) is 4. The maximum Gasteiger partial charge on any atom is 0.258 e. The van der Waals surface area contributed by atoms with Crippen molar-refractivity contribution < 1.29 is 14.3 Å². The van der Waals surface area contributed by atoms with Crippen LogP contribution >= 0.6 is 15.9 Å². The van der Waals surface area contributed by atoms with Crippen molar-refractivity contribution in [2.75, 3.05) is 19.0 Å². The second kappa shape index (κ2) is 8.79. The zero-order valence-corrected chi connectivity index (χ0v) is 17.2. The van der Waals surface area contributed by atoms with E-state index in [0.717, 1.165) is 21.1 Å². The summed E-state index contributed by atoms with van der Waals surface area (Å²) in [4.78, 5) is 24.3. The van der Waals surface area contributed by atoms with E-state index < -0.39 is 0 Å². The highest BCUT2D eigenvalue weighted by molar-refractivity contribution is 9.10. The predicted octanol–water partition coefficient (Wildman–Crippen LogP) is 2.98. The van der Waals surface area contributed by atoms with Crippen LogP contribution in [-0.2, 0) is 16.1 Å². The first-order chi connectivity index (χ1) is 13.5. The summed E-state index contributed by atoms with van der Waals surface area (Å²) in [5.74, 6) is -0.0450. The third kappa shape index (κ3) is 4.28. The number of carbonyl (C=O) groups is 2. The number of amides is 2. The van der Waals surface area contributed by atoms with E-state index in [-0.39, 0.29) is 24.9 Å². The van der Waals surface area contributed by atoms with E-state index in [1.807, 2.05) is 54.0 Å². The first kappa shape index (κ1) is 19.8. The number of hydrazine groups is 1. The van der Waals surface area contributed by atoms with Crippen molar-refractivity contribution in [3.63, 3.8) is 0 Å². The minimum atomic E-state index is -0.366. The monoisotopic (exact) mass is 444 g/mol. The Labute approximate surface area is 171 Å². The fraction of sp³-hybridized carbons (Fsp3) is 0.200. The summed E-state index contributed by atoms with van der Waals surface area (Å²) in [5.41, 5.74) is 7.46. The summed E-state index contributed by atoms with van der Waals surface area (Å²) >= 11 is 3.57. The average Bonchev–Trinajstić information content (AvgIpc) is 2.96. The van der Waals surface area contributed by atoms with E-state index >= 15 is 0 Å². The number of benzene rings is 2. The van der Waals surface area contributed by atoms with Gasteiger partial charge in [0, 0.05) is 21.1 Å². The highest BCUT2D eigenvalue weighted by Crippen LogP contribution is 2.30. The van der Waals surface area contributed by atoms with Gasteiger partial charge >= 0.3 is 0 Å². The van der Waals surface area contributed by atoms with E-state index in [2.05, 4.69) is 32.1 Å². The third-order valence-electron chi connectivity index (χ3n) is 4.34. The van der Waals surface area contributed by atoms with Gasteiger partial charge in [-0.05, 0) is 41.1 Å². The SMILES string of the molecule is COc1ccccc1NCC(=O)NNC(=O)Cn1c(C)c(Br)c2ccccc21. The molecule has 1 aromatic heterocycles. The van der Waals surface area contributed by atoms with Gasteiger partial charge in [0.25, 0.3) is 11.8 Å². The number of para-hydroxylation sites is 3. The van der Waals surface area contributed by atoms with Gasteiger partial charge < -0.3 is 14.6 Å². The molecule has 7 nitrogen and oxygen atoms in total. The molecule has 146 valence electrons. The lowest BCUT2D eigenvalue weighted by atomic mass is 10.2. The zero-order chi connectivity index (χ0) is 20.1. The molecule has 0 spiro atoms. The number of aromatic nitrogens is 1. The van der Waals surface area contributed by atoms with Crippen molar-refractivity contribution in [3.8, 4) is 5.75 Å². The molecule has 0 atom stereocenters. The van der Waals surface area contributed by atoms with Crippen LogP contribution in [0.2, 0.25) is 0 Å². The molecule has 0 radical (unpaired) electrons.